The number of benzene rings is 1. The predicted octanol–water partition coefficient (Wildman–Crippen LogP) is 2.85. The number of piperidine rings is 1. The first kappa shape index (κ1) is 17.8. The van der Waals surface area contributed by atoms with Crippen LogP contribution in [-0.2, 0) is 9.59 Å². The van der Waals surface area contributed by atoms with Crippen LogP contribution >= 0.6 is 0 Å². The van der Waals surface area contributed by atoms with Gasteiger partial charge in [-0.3, -0.25) is 9.59 Å². The van der Waals surface area contributed by atoms with Gasteiger partial charge in [-0.25, -0.2) is 0 Å². The third kappa shape index (κ3) is 3.23. The van der Waals surface area contributed by atoms with E-state index < -0.39 is 0 Å². The van der Waals surface area contributed by atoms with Gasteiger partial charge in [-0.05, 0) is 36.8 Å². The van der Waals surface area contributed by atoms with Crippen LogP contribution in [0.25, 0.3) is 0 Å². The molecule has 1 aliphatic carbocycles. The van der Waals surface area contributed by atoms with Crippen molar-refractivity contribution < 1.29 is 19.1 Å². The number of fused-ring (bicyclic) bond motifs is 2. The van der Waals surface area contributed by atoms with Crippen LogP contribution in [0.15, 0.2) is 18.2 Å². The number of ether oxygens (including phenoxy) is 2. The Bertz CT molecular complexity index is 780. The molecule has 1 saturated carbocycles. The number of carbonyl (C=O) groups excluding carboxylic acids is 2. The molecule has 6 heteroatoms. The Balaban J connectivity index is 1.26. The van der Waals surface area contributed by atoms with Gasteiger partial charge in [-0.1, -0.05) is 19.3 Å². The number of likely N-dealkylation sites (tertiary alicyclic amines) is 1. The first-order chi connectivity index (χ1) is 13.7. The van der Waals surface area contributed by atoms with Gasteiger partial charge >= 0.3 is 0 Å². The number of amides is 2. The van der Waals surface area contributed by atoms with Gasteiger partial charge in [0.05, 0.1) is 5.92 Å². The topological polar surface area (TPSA) is 59.1 Å². The van der Waals surface area contributed by atoms with E-state index in [0.29, 0.717) is 43.6 Å². The molecule has 3 fully saturated rings. The third-order valence-corrected chi connectivity index (χ3v) is 6.91. The summed E-state index contributed by atoms with van der Waals surface area (Å²) in [5, 5.41) is 0. The lowest BCUT2D eigenvalue weighted by Gasteiger charge is -2.42. The van der Waals surface area contributed by atoms with Crippen molar-refractivity contribution in [1.29, 1.82) is 0 Å². The second-order valence-corrected chi connectivity index (χ2v) is 8.61. The van der Waals surface area contributed by atoms with Gasteiger partial charge in [0.25, 0.3) is 0 Å². The zero-order chi connectivity index (χ0) is 19.1. The lowest BCUT2D eigenvalue weighted by atomic mass is 9.75. The van der Waals surface area contributed by atoms with Gasteiger partial charge in [0.1, 0.15) is 13.2 Å². The molecular weight excluding hydrogens is 356 g/mol. The van der Waals surface area contributed by atoms with Crippen LogP contribution in [0.1, 0.15) is 38.5 Å². The molecule has 2 amide bonds. The molecule has 28 heavy (non-hydrogen) atoms. The minimum absolute atomic E-state index is 0.0163. The fourth-order valence-electron chi connectivity index (χ4n) is 5.38. The molecule has 0 bridgehead atoms. The van der Waals surface area contributed by atoms with Gasteiger partial charge in [-0.15, -0.1) is 0 Å². The van der Waals surface area contributed by atoms with Crippen LogP contribution in [-0.4, -0.2) is 49.6 Å². The van der Waals surface area contributed by atoms with E-state index in [2.05, 4.69) is 0 Å². The van der Waals surface area contributed by atoms with Gasteiger partial charge in [0.2, 0.25) is 11.8 Å². The van der Waals surface area contributed by atoms with Crippen LogP contribution in [0.4, 0.5) is 5.69 Å². The quantitative estimate of drug-likeness (QED) is 0.787. The van der Waals surface area contributed by atoms with Crippen molar-refractivity contribution in [3.8, 4) is 11.5 Å². The van der Waals surface area contributed by atoms with Gasteiger partial charge < -0.3 is 19.3 Å². The van der Waals surface area contributed by atoms with E-state index in [1.54, 1.807) is 4.90 Å². The Morgan fingerprint density at radius 1 is 0.964 bits per heavy atom. The monoisotopic (exact) mass is 384 g/mol. The van der Waals surface area contributed by atoms with Crippen molar-refractivity contribution in [2.75, 3.05) is 37.7 Å². The Hall–Kier alpha value is -2.24. The molecule has 5 rings (SSSR count). The van der Waals surface area contributed by atoms with Crippen molar-refractivity contribution in [3.63, 3.8) is 0 Å². The smallest absolute Gasteiger partial charge is 0.228 e. The normalized spacial score (nSPS) is 29.6. The van der Waals surface area contributed by atoms with Crippen LogP contribution in [0.3, 0.4) is 0 Å². The molecule has 4 aliphatic rings. The predicted molar refractivity (Wildman–Crippen MR) is 105 cm³/mol. The maximum Gasteiger partial charge on any atom is 0.228 e. The molecule has 6 nitrogen and oxygen atoms in total. The number of rotatable bonds is 2. The minimum Gasteiger partial charge on any atom is -0.486 e. The number of hydrogen-bond donors (Lipinski definition) is 0. The number of carbonyl (C=O) groups is 2. The summed E-state index contributed by atoms with van der Waals surface area (Å²) in [7, 11) is 0. The van der Waals surface area contributed by atoms with Crippen molar-refractivity contribution in [3.05, 3.63) is 18.2 Å². The van der Waals surface area contributed by atoms with Gasteiger partial charge in [0.15, 0.2) is 11.5 Å². The van der Waals surface area contributed by atoms with Crippen LogP contribution in [0, 0.1) is 17.8 Å². The van der Waals surface area contributed by atoms with E-state index in [9.17, 15) is 9.59 Å². The highest BCUT2D eigenvalue weighted by Crippen LogP contribution is 2.38. The van der Waals surface area contributed by atoms with E-state index in [1.165, 1.54) is 25.7 Å². The van der Waals surface area contributed by atoms with Gasteiger partial charge in [-0.2, -0.15) is 0 Å². The second kappa shape index (κ2) is 7.30. The Kier molecular flexibility index (Phi) is 4.65. The van der Waals surface area contributed by atoms with Crippen LogP contribution in [0.2, 0.25) is 0 Å². The van der Waals surface area contributed by atoms with E-state index in [4.69, 9.17) is 9.47 Å². The first-order valence-corrected chi connectivity index (χ1v) is 10.7. The summed E-state index contributed by atoms with van der Waals surface area (Å²) in [4.78, 5) is 29.6. The average molecular weight is 384 g/mol. The standard InChI is InChI=1S/C22H28N2O4/c25-21-11-17(22(26)23-8-7-15-3-1-2-4-16(15)13-23)14-24(21)18-5-6-19-20(12-18)28-10-9-27-19/h5-6,12,15-17H,1-4,7-11,13-14H2/t15-,16+,17-/m1/s1. The molecule has 0 aromatic heterocycles. The number of anilines is 1. The molecule has 3 heterocycles. The van der Waals surface area contributed by atoms with Crippen molar-refractivity contribution in [1.82, 2.24) is 4.90 Å². The van der Waals surface area contributed by atoms with Crippen LogP contribution in [0.5, 0.6) is 11.5 Å². The molecule has 0 spiro atoms. The molecule has 150 valence electrons. The minimum atomic E-state index is -0.235. The summed E-state index contributed by atoms with van der Waals surface area (Å²) >= 11 is 0. The summed E-state index contributed by atoms with van der Waals surface area (Å²) in [5.74, 6) is 2.80. The fourth-order valence-corrected chi connectivity index (χ4v) is 5.38. The zero-order valence-corrected chi connectivity index (χ0v) is 16.3. The Morgan fingerprint density at radius 3 is 2.61 bits per heavy atom. The van der Waals surface area contributed by atoms with Crippen molar-refractivity contribution in [2.45, 2.75) is 38.5 Å². The Morgan fingerprint density at radius 2 is 1.75 bits per heavy atom. The lowest BCUT2D eigenvalue weighted by Crippen LogP contribution is -2.47. The molecule has 1 aromatic carbocycles. The third-order valence-electron chi connectivity index (χ3n) is 6.91. The summed E-state index contributed by atoms with van der Waals surface area (Å²) in [6, 6.07) is 5.58. The summed E-state index contributed by atoms with van der Waals surface area (Å²) in [5.41, 5.74) is 0.788. The van der Waals surface area contributed by atoms with Gasteiger partial charge in [0, 0.05) is 37.8 Å². The largest absolute Gasteiger partial charge is 0.486 e. The highest BCUT2D eigenvalue weighted by atomic mass is 16.6. The summed E-state index contributed by atoms with van der Waals surface area (Å²) in [6.45, 7) is 3.26. The average Bonchev–Trinajstić information content (AvgIpc) is 3.14. The highest BCUT2D eigenvalue weighted by Gasteiger charge is 2.40. The highest BCUT2D eigenvalue weighted by molar-refractivity contribution is 6.00. The molecule has 3 aliphatic heterocycles. The van der Waals surface area contributed by atoms with E-state index >= 15 is 0 Å². The van der Waals surface area contributed by atoms with Crippen LogP contribution < -0.4 is 14.4 Å². The van der Waals surface area contributed by atoms with E-state index in [-0.39, 0.29) is 17.7 Å². The first-order valence-electron chi connectivity index (χ1n) is 10.7. The molecule has 0 unspecified atom stereocenters. The molecule has 0 N–H and O–H groups in total. The molecule has 2 saturated heterocycles. The van der Waals surface area contributed by atoms with E-state index in [0.717, 1.165) is 31.1 Å². The molecular formula is C22H28N2O4. The van der Waals surface area contributed by atoms with Crippen molar-refractivity contribution in [2.24, 2.45) is 17.8 Å². The molecule has 0 radical (unpaired) electrons. The Labute approximate surface area is 165 Å². The number of hydrogen-bond acceptors (Lipinski definition) is 4. The SMILES string of the molecule is O=C([C@@H]1CC(=O)N(c2ccc3c(c2)OCCO3)C1)N1CC[C@H]2CCCC[C@H]2C1. The summed E-state index contributed by atoms with van der Waals surface area (Å²) in [6.07, 6.45) is 6.65. The maximum absolute atomic E-state index is 13.1. The number of nitrogens with zero attached hydrogens (tertiary/aromatic N) is 2. The molecule has 1 aromatic rings. The second-order valence-electron chi connectivity index (χ2n) is 8.61. The fraction of sp³-hybridized carbons (Fsp3) is 0.636. The maximum atomic E-state index is 13.1. The van der Waals surface area contributed by atoms with E-state index in [1.807, 2.05) is 23.1 Å². The zero-order valence-electron chi connectivity index (χ0n) is 16.3. The van der Waals surface area contributed by atoms with Crippen molar-refractivity contribution >= 4 is 17.5 Å². The lowest BCUT2D eigenvalue weighted by molar-refractivity contribution is -0.138. The molecule has 3 atom stereocenters. The summed E-state index contributed by atoms with van der Waals surface area (Å²) < 4.78 is 11.2.